The van der Waals surface area contributed by atoms with Crippen molar-refractivity contribution >= 4 is 11.9 Å². The molecule has 1 unspecified atom stereocenters. The minimum absolute atomic E-state index is 0.198. The van der Waals surface area contributed by atoms with E-state index in [2.05, 4.69) is 5.32 Å². The fourth-order valence-corrected chi connectivity index (χ4v) is 2.52. The maximum atomic E-state index is 10.1. The van der Waals surface area contributed by atoms with Crippen LogP contribution in [0.5, 0.6) is 23.0 Å². The number of aliphatic carboxylic acids is 2. The molecule has 0 heterocycles. The van der Waals surface area contributed by atoms with Gasteiger partial charge in [0.2, 0.25) is 0 Å². The number of carbonyl (C=O) groups is 2. The summed E-state index contributed by atoms with van der Waals surface area (Å²) in [7, 11) is 4.83. The summed E-state index contributed by atoms with van der Waals surface area (Å²) in [6.07, 6.45) is 0.214. The molecule has 0 aliphatic rings. The number of methoxy groups -OCH3 is 3. The summed E-state index contributed by atoms with van der Waals surface area (Å²) in [5.74, 6) is -0.936. The van der Waals surface area contributed by atoms with Gasteiger partial charge in [-0.1, -0.05) is 18.2 Å². The molecule has 0 saturated carbocycles. The Morgan fingerprint density at radius 2 is 1.44 bits per heavy atom. The molecule has 176 valence electrons. The van der Waals surface area contributed by atoms with Gasteiger partial charge in [0.1, 0.15) is 12.7 Å². The minimum atomic E-state index is -1.82. The van der Waals surface area contributed by atoms with E-state index in [4.69, 9.17) is 38.7 Å². The molecule has 10 nitrogen and oxygen atoms in total. The Hall–Kier alpha value is -3.50. The first-order valence-electron chi connectivity index (χ1n) is 9.64. The molecule has 0 aliphatic heterocycles. The van der Waals surface area contributed by atoms with Crippen molar-refractivity contribution in [3.8, 4) is 23.0 Å². The molecule has 0 saturated heterocycles. The third-order valence-corrected chi connectivity index (χ3v) is 4.10. The zero-order chi connectivity index (χ0) is 23.9. The van der Waals surface area contributed by atoms with Crippen molar-refractivity contribution in [1.82, 2.24) is 5.32 Å². The normalized spacial score (nSPS) is 10.9. The maximum Gasteiger partial charge on any atom is 0.414 e. The van der Waals surface area contributed by atoms with E-state index in [9.17, 15) is 5.11 Å². The van der Waals surface area contributed by atoms with Gasteiger partial charge in [0, 0.05) is 6.54 Å². The van der Waals surface area contributed by atoms with Gasteiger partial charge in [-0.3, -0.25) is 0 Å². The lowest BCUT2D eigenvalue weighted by atomic mass is 10.1. The third kappa shape index (κ3) is 9.54. The largest absolute Gasteiger partial charge is 0.493 e. The molecule has 10 heteroatoms. The number of rotatable bonds is 11. The zero-order valence-corrected chi connectivity index (χ0v) is 18.2. The molecule has 0 aromatic heterocycles. The molecule has 2 aromatic rings. The number of ether oxygens (including phenoxy) is 4. The molecular weight excluding hydrogens is 422 g/mol. The van der Waals surface area contributed by atoms with Crippen molar-refractivity contribution in [1.29, 1.82) is 0 Å². The van der Waals surface area contributed by atoms with E-state index in [-0.39, 0.29) is 6.61 Å². The Morgan fingerprint density at radius 1 is 0.875 bits per heavy atom. The maximum absolute atomic E-state index is 10.1. The first kappa shape index (κ1) is 26.5. The lowest BCUT2D eigenvalue weighted by molar-refractivity contribution is -0.159. The molecule has 0 amide bonds. The molecule has 0 radical (unpaired) electrons. The van der Waals surface area contributed by atoms with E-state index >= 15 is 0 Å². The Labute approximate surface area is 186 Å². The molecule has 1 atom stereocenters. The Balaban J connectivity index is 0.000000751. The summed E-state index contributed by atoms with van der Waals surface area (Å²) in [5.41, 5.74) is 1.13. The van der Waals surface area contributed by atoms with Gasteiger partial charge in [0.25, 0.3) is 0 Å². The number of benzene rings is 2. The molecule has 4 N–H and O–H groups in total. The Kier molecular flexibility index (Phi) is 12.0. The van der Waals surface area contributed by atoms with E-state index in [1.807, 2.05) is 42.5 Å². The first-order valence-corrected chi connectivity index (χ1v) is 9.64. The summed E-state index contributed by atoms with van der Waals surface area (Å²) in [5, 5.41) is 28.1. The molecule has 2 aromatic carbocycles. The van der Waals surface area contributed by atoms with Gasteiger partial charge in [-0.25, -0.2) is 9.59 Å². The smallest absolute Gasteiger partial charge is 0.414 e. The molecule has 2 rings (SSSR count). The van der Waals surface area contributed by atoms with E-state index in [0.29, 0.717) is 23.8 Å². The minimum Gasteiger partial charge on any atom is -0.493 e. The van der Waals surface area contributed by atoms with Crippen molar-refractivity contribution in [3.63, 3.8) is 0 Å². The van der Waals surface area contributed by atoms with Gasteiger partial charge < -0.3 is 39.6 Å². The van der Waals surface area contributed by atoms with E-state index < -0.39 is 18.0 Å². The van der Waals surface area contributed by atoms with Crippen LogP contribution in [0, 0.1) is 0 Å². The summed E-state index contributed by atoms with van der Waals surface area (Å²) < 4.78 is 21.4. The fraction of sp³-hybridized carbons (Fsp3) is 0.364. The number of carboxylic acid groups (broad SMARTS) is 2. The number of aliphatic hydroxyl groups excluding tert-OH is 1. The van der Waals surface area contributed by atoms with Gasteiger partial charge in [0.15, 0.2) is 23.0 Å². The second-order valence-corrected chi connectivity index (χ2v) is 6.37. The molecule has 0 aliphatic carbocycles. The average Bonchev–Trinajstić information content (AvgIpc) is 2.80. The quantitative estimate of drug-likeness (QED) is 0.293. The summed E-state index contributed by atoms with van der Waals surface area (Å²) in [6.45, 7) is 1.38. The monoisotopic (exact) mass is 451 g/mol. The van der Waals surface area contributed by atoms with Gasteiger partial charge in [-0.05, 0) is 42.8 Å². The van der Waals surface area contributed by atoms with Crippen LogP contribution in [0.1, 0.15) is 5.56 Å². The zero-order valence-electron chi connectivity index (χ0n) is 18.2. The van der Waals surface area contributed by atoms with Crippen LogP contribution < -0.4 is 24.3 Å². The number of nitrogens with one attached hydrogen (secondary N) is 1. The predicted octanol–water partition coefficient (Wildman–Crippen LogP) is 1.44. The molecular formula is C22H29NO9. The third-order valence-electron chi connectivity index (χ3n) is 4.10. The second-order valence-electron chi connectivity index (χ2n) is 6.37. The molecule has 0 spiro atoms. The van der Waals surface area contributed by atoms with Crippen molar-refractivity contribution < 1.29 is 43.9 Å². The Bertz CT molecular complexity index is 845. The number of para-hydroxylation sites is 2. The second kappa shape index (κ2) is 14.5. The van der Waals surface area contributed by atoms with Gasteiger partial charge in [0.05, 0.1) is 21.3 Å². The Morgan fingerprint density at radius 3 is 2.00 bits per heavy atom. The number of hydrogen-bond donors (Lipinski definition) is 4. The van der Waals surface area contributed by atoms with Crippen LogP contribution in [0.25, 0.3) is 0 Å². The molecule has 0 fully saturated rings. The highest BCUT2D eigenvalue weighted by Gasteiger charge is 2.09. The van der Waals surface area contributed by atoms with Gasteiger partial charge >= 0.3 is 11.9 Å². The highest BCUT2D eigenvalue weighted by Crippen LogP contribution is 2.27. The van der Waals surface area contributed by atoms with Crippen LogP contribution in [-0.2, 0) is 16.0 Å². The fourth-order valence-electron chi connectivity index (χ4n) is 2.52. The van der Waals surface area contributed by atoms with Crippen LogP contribution >= 0.6 is 0 Å². The van der Waals surface area contributed by atoms with Crippen molar-refractivity contribution in [2.45, 2.75) is 12.5 Å². The predicted molar refractivity (Wildman–Crippen MR) is 116 cm³/mol. The standard InChI is InChI=1S/C20H27NO5.C2H2O4/c1-23-17-6-4-5-7-19(17)26-14-16(22)13-21-11-10-15-8-9-18(24-2)20(12-15)25-3;3-1(4)2(5)6/h4-9,12,16,21-22H,10-11,13-14H2,1-3H3;(H,3,4)(H,5,6). The van der Waals surface area contributed by atoms with E-state index in [1.54, 1.807) is 21.3 Å². The van der Waals surface area contributed by atoms with Crippen LogP contribution in [0.4, 0.5) is 0 Å². The summed E-state index contributed by atoms with van der Waals surface area (Å²) in [4.78, 5) is 18.2. The summed E-state index contributed by atoms with van der Waals surface area (Å²) >= 11 is 0. The highest BCUT2D eigenvalue weighted by atomic mass is 16.5. The van der Waals surface area contributed by atoms with Crippen LogP contribution in [0.2, 0.25) is 0 Å². The topological polar surface area (TPSA) is 144 Å². The lowest BCUT2D eigenvalue weighted by Crippen LogP contribution is -2.32. The lowest BCUT2D eigenvalue weighted by Gasteiger charge is -2.15. The average molecular weight is 451 g/mol. The summed E-state index contributed by atoms with van der Waals surface area (Å²) in [6, 6.07) is 13.2. The first-order chi connectivity index (χ1) is 15.3. The highest BCUT2D eigenvalue weighted by molar-refractivity contribution is 6.27. The molecule has 0 bridgehead atoms. The SMILES string of the molecule is COc1ccc(CCNCC(O)COc2ccccc2OC)cc1OC.O=C(O)C(=O)O. The molecule has 32 heavy (non-hydrogen) atoms. The van der Waals surface area contributed by atoms with Crippen molar-refractivity contribution in [2.75, 3.05) is 41.0 Å². The van der Waals surface area contributed by atoms with Crippen molar-refractivity contribution in [3.05, 3.63) is 48.0 Å². The van der Waals surface area contributed by atoms with Crippen LogP contribution in [0.15, 0.2) is 42.5 Å². The van der Waals surface area contributed by atoms with E-state index in [1.165, 1.54) is 0 Å². The van der Waals surface area contributed by atoms with Gasteiger partial charge in [-0.2, -0.15) is 0 Å². The van der Waals surface area contributed by atoms with Gasteiger partial charge in [-0.15, -0.1) is 0 Å². The van der Waals surface area contributed by atoms with E-state index in [0.717, 1.165) is 24.3 Å². The van der Waals surface area contributed by atoms with Crippen LogP contribution in [-0.4, -0.2) is 74.4 Å². The van der Waals surface area contributed by atoms with Crippen molar-refractivity contribution in [2.24, 2.45) is 0 Å². The number of carboxylic acids is 2. The van der Waals surface area contributed by atoms with Crippen LogP contribution in [0.3, 0.4) is 0 Å². The number of hydrogen-bond acceptors (Lipinski definition) is 8. The number of aliphatic hydroxyl groups is 1.